The highest BCUT2D eigenvalue weighted by molar-refractivity contribution is 5.82. The van der Waals surface area contributed by atoms with Crippen LogP contribution in [0.4, 0.5) is 5.82 Å². The third-order valence-electron chi connectivity index (χ3n) is 3.43. The van der Waals surface area contributed by atoms with Crippen molar-refractivity contribution in [1.29, 1.82) is 0 Å². The summed E-state index contributed by atoms with van der Waals surface area (Å²) in [5, 5.41) is 1.16. The lowest BCUT2D eigenvalue weighted by Crippen LogP contribution is -2.04. The number of hydrogen-bond acceptors (Lipinski definition) is 4. The summed E-state index contributed by atoms with van der Waals surface area (Å²) in [5.41, 5.74) is 9.07. The van der Waals surface area contributed by atoms with Crippen LogP contribution in [0.5, 0.6) is 0 Å². The van der Waals surface area contributed by atoms with Gasteiger partial charge >= 0.3 is 0 Å². The van der Waals surface area contributed by atoms with Crippen LogP contribution in [0.1, 0.15) is 30.4 Å². The molecule has 0 unspecified atom stereocenters. The van der Waals surface area contributed by atoms with E-state index in [-0.39, 0.29) is 0 Å². The van der Waals surface area contributed by atoms with Crippen molar-refractivity contribution in [1.82, 2.24) is 15.0 Å². The van der Waals surface area contributed by atoms with Crippen LogP contribution >= 0.6 is 0 Å². The Kier molecular flexibility index (Phi) is 3.77. The van der Waals surface area contributed by atoms with Gasteiger partial charge in [-0.05, 0) is 24.1 Å². The number of para-hydroxylation sites is 1. The van der Waals surface area contributed by atoms with E-state index in [9.17, 15) is 0 Å². The summed E-state index contributed by atoms with van der Waals surface area (Å²) in [7, 11) is 0. The van der Waals surface area contributed by atoms with Crippen LogP contribution in [0, 0.1) is 0 Å². The van der Waals surface area contributed by atoms with Gasteiger partial charge in [0.05, 0.1) is 11.2 Å². The van der Waals surface area contributed by atoms with Crippen molar-refractivity contribution in [2.45, 2.75) is 26.2 Å². The van der Waals surface area contributed by atoms with E-state index in [1.54, 1.807) is 0 Å². The predicted octanol–water partition coefficient (Wildman–Crippen LogP) is 3.15. The third kappa shape index (κ3) is 2.99. The molecule has 2 N–H and O–H groups in total. The van der Waals surface area contributed by atoms with E-state index in [1.165, 1.54) is 5.56 Å². The standard InChI is InChI=1S/C17H18N4/c1-2-5-17-20-13(11-16(18)21-17)10-12-8-9-19-15-7-4-3-6-14(12)15/h3-4,6-9,11H,2,5,10H2,1H3,(H2,18,20,21). The van der Waals surface area contributed by atoms with Gasteiger partial charge in [-0.2, -0.15) is 0 Å². The van der Waals surface area contributed by atoms with Gasteiger partial charge in [0, 0.05) is 30.5 Å². The van der Waals surface area contributed by atoms with Gasteiger partial charge in [0.1, 0.15) is 11.6 Å². The highest BCUT2D eigenvalue weighted by Gasteiger charge is 2.06. The normalized spacial score (nSPS) is 10.9. The second-order valence-electron chi connectivity index (χ2n) is 5.11. The molecular formula is C17H18N4. The number of benzene rings is 1. The van der Waals surface area contributed by atoms with Crippen molar-refractivity contribution < 1.29 is 0 Å². The molecule has 0 aliphatic carbocycles. The molecular weight excluding hydrogens is 260 g/mol. The minimum absolute atomic E-state index is 0.543. The number of aryl methyl sites for hydroxylation is 1. The van der Waals surface area contributed by atoms with E-state index >= 15 is 0 Å². The Morgan fingerprint density at radius 3 is 2.81 bits per heavy atom. The third-order valence-corrected chi connectivity index (χ3v) is 3.43. The molecule has 4 nitrogen and oxygen atoms in total. The molecule has 0 aliphatic heterocycles. The summed E-state index contributed by atoms with van der Waals surface area (Å²) in [6.45, 7) is 2.11. The summed E-state index contributed by atoms with van der Waals surface area (Å²) in [6.07, 6.45) is 4.46. The molecule has 3 rings (SSSR count). The van der Waals surface area contributed by atoms with Crippen LogP contribution in [-0.4, -0.2) is 15.0 Å². The number of pyridine rings is 1. The summed E-state index contributed by atoms with van der Waals surface area (Å²) < 4.78 is 0. The molecule has 0 bridgehead atoms. The van der Waals surface area contributed by atoms with Gasteiger partial charge in [-0.15, -0.1) is 0 Å². The van der Waals surface area contributed by atoms with Gasteiger partial charge in [0.25, 0.3) is 0 Å². The molecule has 3 aromatic rings. The van der Waals surface area contributed by atoms with Gasteiger partial charge < -0.3 is 5.73 Å². The zero-order valence-corrected chi connectivity index (χ0v) is 12.1. The van der Waals surface area contributed by atoms with E-state index in [0.717, 1.165) is 41.7 Å². The topological polar surface area (TPSA) is 64.7 Å². The van der Waals surface area contributed by atoms with Crippen molar-refractivity contribution >= 4 is 16.7 Å². The van der Waals surface area contributed by atoms with Gasteiger partial charge in [0.15, 0.2) is 0 Å². The zero-order chi connectivity index (χ0) is 14.7. The average molecular weight is 278 g/mol. The number of fused-ring (bicyclic) bond motifs is 1. The lowest BCUT2D eigenvalue weighted by molar-refractivity contribution is 0.821. The van der Waals surface area contributed by atoms with Gasteiger partial charge in [0.2, 0.25) is 0 Å². The maximum absolute atomic E-state index is 5.89. The highest BCUT2D eigenvalue weighted by atomic mass is 14.9. The zero-order valence-electron chi connectivity index (χ0n) is 12.1. The average Bonchev–Trinajstić information content (AvgIpc) is 2.47. The highest BCUT2D eigenvalue weighted by Crippen LogP contribution is 2.19. The monoisotopic (exact) mass is 278 g/mol. The Balaban J connectivity index is 1.98. The Morgan fingerprint density at radius 2 is 1.95 bits per heavy atom. The lowest BCUT2D eigenvalue weighted by atomic mass is 10.0. The number of rotatable bonds is 4. The first-order valence-electron chi connectivity index (χ1n) is 7.21. The van der Waals surface area contributed by atoms with E-state index < -0.39 is 0 Å². The molecule has 21 heavy (non-hydrogen) atoms. The van der Waals surface area contributed by atoms with Crippen LogP contribution in [0.15, 0.2) is 42.6 Å². The molecule has 4 heteroatoms. The Bertz CT molecular complexity index is 762. The molecule has 106 valence electrons. The summed E-state index contributed by atoms with van der Waals surface area (Å²) in [6, 6.07) is 12.0. The minimum atomic E-state index is 0.543. The second kappa shape index (κ2) is 5.87. The van der Waals surface area contributed by atoms with Gasteiger partial charge in [-0.25, -0.2) is 9.97 Å². The van der Waals surface area contributed by atoms with Crippen molar-refractivity contribution in [3.05, 3.63) is 59.7 Å². The molecule has 0 fully saturated rings. The largest absolute Gasteiger partial charge is 0.384 e. The van der Waals surface area contributed by atoms with Crippen molar-refractivity contribution in [2.75, 3.05) is 5.73 Å². The number of nitrogen functional groups attached to an aromatic ring is 1. The molecule has 0 saturated carbocycles. The molecule has 2 heterocycles. The number of nitrogens with zero attached hydrogens (tertiary/aromatic N) is 3. The number of nitrogens with two attached hydrogens (primary N) is 1. The smallest absolute Gasteiger partial charge is 0.130 e. The molecule has 0 saturated heterocycles. The summed E-state index contributed by atoms with van der Waals surface area (Å²) >= 11 is 0. The quantitative estimate of drug-likeness (QED) is 0.796. The second-order valence-corrected chi connectivity index (χ2v) is 5.11. The van der Waals surface area contributed by atoms with Crippen LogP contribution < -0.4 is 5.73 Å². The number of anilines is 1. The molecule has 0 atom stereocenters. The van der Waals surface area contributed by atoms with Crippen LogP contribution in [0.25, 0.3) is 10.9 Å². The van der Waals surface area contributed by atoms with Crippen molar-refractivity contribution in [3.63, 3.8) is 0 Å². The van der Waals surface area contributed by atoms with Crippen molar-refractivity contribution in [2.24, 2.45) is 0 Å². The first-order chi connectivity index (χ1) is 10.3. The number of hydrogen-bond donors (Lipinski definition) is 1. The van der Waals surface area contributed by atoms with Crippen LogP contribution in [-0.2, 0) is 12.8 Å². The molecule has 0 spiro atoms. The fraction of sp³-hybridized carbons (Fsp3) is 0.235. The fourth-order valence-corrected chi connectivity index (χ4v) is 2.51. The maximum Gasteiger partial charge on any atom is 0.130 e. The SMILES string of the molecule is CCCc1nc(N)cc(Cc2ccnc3ccccc23)n1. The van der Waals surface area contributed by atoms with E-state index in [2.05, 4.69) is 27.9 Å². The van der Waals surface area contributed by atoms with Gasteiger partial charge in [-0.1, -0.05) is 25.1 Å². The predicted molar refractivity (Wildman–Crippen MR) is 85.0 cm³/mol. The van der Waals surface area contributed by atoms with Crippen LogP contribution in [0.2, 0.25) is 0 Å². The summed E-state index contributed by atoms with van der Waals surface area (Å²) in [4.78, 5) is 13.3. The molecule has 2 aromatic heterocycles. The van der Waals surface area contributed by atoms with E-state index in [4.69, 9.17) is 5.73 Å². The van der Waals surface area contributed by atoms with Crippen molar-refractivity contribution in [3.8, 4) is 0 Å². The summed E-state index contributed by atoms with van der Waals surface area (Å²) in [5.74, 6) is 1.37. The fourth-order valence-electron chi connectivity index (χ4n) is 2.51. The number of aromatic nitrogens is 3. The Morgan fingerprint density at radius 1 is 1.10 bits per heavy atom. The molecule has 1 aromatic carbocycles. The first kappa shape index (κ1) is 13.5. The molecule has 0 amide bonds. The van der Waals surface area contributed by atoms with Gasteiger partial charge in [-0.3, -0.25) is 4.98 Å². The maximum atomic E-state index is 5.89. The molecule has 0 radical (unpaired) electrons. The molecule has 0 aliphatic rings. The van der Waals surface area contributed by atoms with E-state index in [0.29, 0.717) is 5.82 Å². The minimum Gasteiger partial charge on any atom is -0.384 e. The van der Waals surface area contributed by atoms with Crippen LogP contribution in [0.3, 0.4) is 0 Å². The first-order valence-corrected chi connectivity index (χ1v) is 7.21. The Labute approximate surface area is 124 Å². The van der Waals surface area contributed by atoms with E-state index in [1.807, 2.05) is 36.5 Å². The lowest BCUT2D eigenvalue weighted by Gasteiger charge is -2.08. The Hall–Kier alpha value is -2.49.